The summed E-state index contributed by atoms with van der Waals surface area (Å²) in [6.07, 6.45) is 4.39. The van der Waals surface area contributed by atoms with Crippen LogP contribution in [0.2, 0.25) is 0 Å². The van der Waals surface area contributed by atoms with Crippen LogP contribution in [-0.2, 0) is 6.42 Å². The standard InChI is InChI=1S/C17H16F2O2/c1-2-3-14-16(20)8-11(9-17(14)21)4-5-12-6-7-13(18)10-15(12)19/h4-10,20-21H,2-3H2,1H3. The minimum atomic E-state index is -0.665. The van der Waals surface area contributed by atoms with E-state index in [-0.39, 0.29) is 17.1 Å². The van der Waals surface area contributed by atoms with Gasteiger partial charge >= 0.3 is 0 Å². The number of hydrogen-bond donors (Lipinski definition) is 2. The minimum absolute atomic E-state index is 0.0103. The molecule has 0 spiro atoms. The van der Waals surface area contributed by atoms with Crippen molar-refractivity contribution in [2.45, 2.75) is 19.8 Å². The van der Waals surface area contributed by atoms with E-state index in [4.69, 9.17) is 0 Å². The Kier molecular flexibility index (Phi) is 4.58. The lowest BCUT2D eigenvalue weighted by Crippen LogP contribution is -1.87. The van der Waals surface area contributed by atoms with Crippen LogP contribution in [0.4, 0.5) is 8.78 Å². The van der Waals surface area contributed by atoms with Crippen molar-refractivity contribution < 1.29 is 19.0 Å². The molecule has 0 saturated carbocycles. The monoisotopic (exact) mass is 290 g/mol. The maximum absolute atomic E-state index is 13.5. The van der Waals surface area contributed by atoms with Gasteiger partial charge in [0.2, 0.25) is 0 Å². The van der Waals surface area contributed by atoms with Crippen LogP contribution in [-0.4, -0.2) is 10.2 Å². The van der Waals surface area contributed by atoms with E-state index < -0.39 is 11.6 Å². The molecule has 0 amide bonds. The van der Waals surface area contributed by atoms with Crippen molar-refractivity contribution in [2.24, 2.45) is 0 Å². The highest BCUT2D eigenvalue weighted by Gasteiger charge is 2.08. The lowest BCUT2D eigenvalue weighted by molar-refractivity contribution is 0.437. The van der Waals surface area contributed by atoms with Crippen molar-refractivity contribution in [1.82, 2.24) is 0 Å². The third-order valence-corrected chi connectivity index (χ3v) is 3.14. The second-order valence-corrected chi connectivity index (χ2v) is 4.79. The first-order valence-corrected chi connectivity index (χ1v) is 6.69. The van der Waals surface area contributed by atoms with E-state index in [2.05, 4.69) is 0 Å². The Morgan fingerprint density at radius 2 is 1.67 bits per heavy atom. The summed E-state index contributed by atoms with van der Waals surface area (Å²) in [5.41, 5.74) is 1.27. The normalized spacial score (nSPS) is 11.2. The summed E-state index contributed by atoms with van der Waals surface area (Å²) in [6.45, 7) is 1.95. The third-order valence-electron chi connectivity index (χ3n) is 3.14. The van der Waals surface area contributed by atoms with Gasteiger partial charge in [0.1, 0.15) is 23.1 Å². The fourth-order valence-electron chi connectivity index (χ4n) is 2.09. The van der Waals surface area contributed by atoms with Gasteiger partial charge in [0.15, 0.2) is 0 Å². The fraction of sp³-hybridized carbons (Fsp3) is 0.176. The summed E-state index contributed by atoms with van der Waals surface area (Å²) < 4.78 is 26.3. The molecule has 0 atom stereocenters. The number of benzene rings is 2. The first kappa shape index (κ1) is 15.0. The average Bonchev–Trinajstić information content (AvgIpc) is 2.42. The van der Waals surface area contributed by atoms with Gasteiger partial charge in [-0.15, -0.1) is 0 Å². The van der Waals surface area contributed by atoms with Crippen molar-refractivity contribution >= 4 is 12.2 Å². The lowest BCUT2D eigenvalue weighted by atomic mass is 10.0. The van der Waals surface area contributed by atoms with Crippen LogP contribution >= 0.6 is 0 Å². The zero-order chi connectivity index (χ0) is 15.4. The largest absolute Gasteiger partial charge is 0.508 e. The van der Waals surface area contributed by atoms with E-state index in [1.54, 1.807) is 6.08 Å². The fourth-order valence-corrected chi connectivity index (χ4v) is 2.09. The van der Waals surface area contributed by atoms with E-state index in [9.17, 15) is 19.0 Å². The van der Waals surface area contributed by atoms with Gasteiger partial charge in [0.25, 0.3) is 0 Å². The first-order chi connectivity index (χ1) is 10.0. The van der Waals surface area contributed by atoms with E-state index in [1.165, 1.54) is 30.3 Å². The smallest absolute Gasteiger partial charge is 0.133 e. The van der Waals surface area contributed by atoms with Gasteiger partial charge in [-0.05, 0) is 36.2 Å². The molecule has 2 aromatic rings. The minimum Gasteiger partial charge on any atom is -0.508 e. The van der Waals surface area contributed by atoms with Gasteiger partial charge in [-0.3, -0.25) is 0 Å². The van der Waals surface area contributed by atoms with Crippen LogP contribution in [0.1, 0.15) is 30.0 Å². The second-order valence-electron chi connectivity index (χ2n) is 4.79. The third kappa shape index (κ3) is 3.60. The van der Waals surface area contributed by atoms with Gasteiger partial charge in [-0.25, -0.2) is 8.78 Å². The van der Waals surface area contributed by atoms with Crippen molar-refractivity contribution in [3.05, 3.63) is 58.7 Å². The summed E-state index contributed by atoms with van der Waals surface area (Å²) in [5, 5.41) is 19.7. The van der Waals surface area contributed by atoms with Crippen molar-refractivity contribution in [2.75, 3.05) is 0 Å². The second kappa shape index (κ2) is 6.39. The molecule has 2 nitrogen and oxygen atoms in total. The molecule has 0 fully saturated rings. The highest BCUT2D eigenvalue weighted by atomic mass is 19.1. The lowest BCUT2D eigenvalue weighted by Gasteiger charge is -2.07. The van der Waals surface area contributed by atoms with Crippen LogP contribution < -0.4 is 0 Å². The maximum Gasteiger partial charge on any atom is 0.133 e. The Morgan fingerprint density at radius 3 is 2.24 bits per heavy atom. The van der Waals surface area contributed by atoms with E-state index >= 15 is 0 Å². The molecule has 21 heavy (non-hydrogen) atoms. The van der Waals surface area contributed by atoms with Crippen LogP contribution in [0.15, 0.2) is 30.3 Å². The number of rotatable bonds is 4. The van der Waals surface area contributed by atoms with Gasteiger partial charge < -0.3 is 10.2 Å². The molecular weight excluding hydrogens is 274 g/mol. The van der Waals surface area contributed by atoms with Gasteiger partial charge in [-0.1, -0.05) is 25.5 Å². The SMILES string of the molecule is CCCc1c(O)cc(C=Cc2ccc(F)cc2F)cc1O. The summed E-state index contributed by atoms with van der Waals surface area (Å²) in [4.78, 5) is 0. The van der Waals surface area contributed by atoms with Crippen molar-refractivity contribution in [1.29, 1.82) is 0 Å². The van der Waals surface area contributed by atoms with Crippen LogP contribution in [0.3, 0.4) is 0 Å². The molecule has 2 aromatic carbocycles. The molecular formula is C17H16F2O2. The van der Waals surface area contributed by atoms with Gasteiger partial charge in [0, 0.05) is 17.2 Å². The molecule has 0 aliphatic heterocycles. The molecule has 2 rings (SSSR count). The predicted molar refractivity (Wildman–Crippen MR) is 79.1 cm³/mol. The zero-order valence-corrected chi connectivity index (χ0v) is 11.6. The van der Waals surface area contributed by atoms with Crippen LogP contribution in [0, 0.1) is 11.6 Å². The first-order valence-electron chi connectivity index (χ1n) is 6.69. The van der Waals surface area contributed by atoms with E-state index in [0.717, 1.165) is 12.5 Å². The predicted octanol–water partition coefficient (Wildman–Crippen LogP) is 4.50. The molecule has 0 saturated heterocycles. The Hall–Kier alpha value is -2.36. The van der Waals surface area contributed by atoms with Crippen molar-refractivity contribution in [3.8, 4) is 11.5 Å². The molecule has 0 radical (unpaired) electrons. The van der Waals surface area contributed by atoms with Crippen LogP contribution in [0.5, 0.6) is 11.5 Å². The topological polar surface area (TPSA) is 40.5 Å². The molecule has 0 bridgehead atoms. The Balaban J connectivity index is 2.29. The molecule has 0 aliphatic rings. The Bertz CT molecular complexity index is 655. The molecule has 110 valence electrons. The summed E-state index contributed by atoms with van der Waals surface area (Å²) in [6, 6.07) is 6.30. The quantitative estimate of drug-likeness (QED) is 0.814. The molecule has 0 aromatic heterocycles. The molecule has 0 unspecified atom stereocenters. The van der Waals surface area contributed by atoms with Gasteiger partial charge in [0.05, 0.1) is 0 Å². The zero-order valence-electron chi connectivity index (χ0n) is 11.6. The number of halogens is 2. The Morgan fingerprint density at radius 1 is 1.00 bits per heavy atom. The molecule has 2 N–H and O–H groups in total. The van der Waals surface area contributed by atoms with E-state index in [0.29, 0.717) is 17.5 Å². The molecule has 0 heterocycles. The summed E-state index contributed by atoms with van der Waals surface area (Å²) >= 11 is 0. The van der Waals surface area contributed by atoms with Crippen LogP contribution in [0.25, 0.3) is 12.2 Å². The van der Waals surface area contributed by atoms with Gasteiger partial charge in [-0.2, -0.15) is 0 Å². The number of phenolic OH excluding ortho intramolecular Hbond substituents is 2. The highest BCUT2D eigenvalue weighted by Crippen LogP contribution is 2.30. The van der Waals surface area contributed by atoms with E-state index in [1.807, 2.05) is 6.92 Å². The molecule has 0 aliphatic carbocycles. The molecule has 4 heteroatoms. The summed E-state index contributed by atoms with van der Waals surface area (Å²) in [5.74, 6) is -1.28. The number of hydrogen-bond acceptors (Lipinski definition) is 2. The number of aromatic hydroxyl groups is 2. The average molecular weight is 290 g/mol. The van der Waals surface area contributed by atoms with Crippen molar-refractivity contribution in [3.63, 3.8) is 0 Å². The summed E-state index contributed by atoms with van der Waals surface area (Å²) in [7, 11) is 0. The Labute approximate surface area is 122 Å². The maximum atomic E-state index is 13.5. The number of phenols is 2. The highest BCUT2D eigenvalue weighted by molar-refractivity contribution is 5.71.